The molecule has 0 aliphatic carbocycles. The fourth-order valence-corrected chi connectivity index (χ4v) is 3.92. The summed E-state index contributed by atoms with van der Waals surface area (Å²) in [5.74, 6) is 2.12. The number of piperazine rings is 1. The third-order valence-electron chi connectivity index (χ3n) is 5.83. The van der Waals surface area contributed by atoms with Crippen molar-refractivity contribution in [1.82, 2.24) is 15.1 Å². The van der Waals surface area contributed by atoms with Crippen molar-refractivity contribution in [3.8, 4) is 28.5 Å². The van der Waals surface area contributed by atoms with Gasteiger partial charge in [0.25, 0.3) is 11.6 Å². The van der Waals surface area contributed by atoms with Crippen LogP contribution in [-0.2, 0) is 0 Å². The number of anilines is 1. The van der Waals surface area contributed by atoms with E-state index in [1.54, 1.807) is 26.2 Å². The lowest BCUT2D eigenvalue weighted by Gasteiger charge is -2.35. The van der Waals surface area contributed by atoms with Crippen LogP contribution in [0.25, 0.3) is 11.3 Å². The van der Waals surface area contributed by atoms with Gasteiger partial charge in [0.1, 0.15) is 0 Å². The van der Waals surface area contributed by atoms with Crippen molar-refractivity contribution in [3.05, 3.63) is 64.2 Å². The van der Waals surface area contributed by atoms with Gasteiger partial charge >= 0.3 is 0 Å². The SMILES string of the molecule is COc1cc(-c2ccc(N3CCN(C(=O)c4ccc([N+](=O)[O-])cc4)CC3)nn2)cc(OC)c1OC. The number of non-ortho nitro benzene ring substituents is 1. The van der Waals surface area contributed by atoms with Crippen LogP contribution in [0, 0.1) is 10.1 Å². The van der Waals surface area contributed by atoms with Crippen molar-refractivity contribution in [2.24, 2.45) is 0 Å². The molecule has 1 amide bonds. The minimum absolute atomic E-state index is 0.0417. The number of amides is 1. The van der Waals surface area contributed by atoms with Gasteiger partial charge in [-0.3, -0.25) is 14.9 Å². The molecule has 1 aliphatic rings. The third kappa shape index (κ3) is 4.93. The van der Waals surface area contributed by atoms with Crippen LogP contribution in [0.15, 0.2) is 48.5 Å². The third-order valence-corrected chi connectivity index (χ3v) is 5.83. The minimum atomic E-state index is -0.485. The van der Waals surface area contributed by atoms with Crippen LogP contribution >= 0.6 is 0 Å². The number of ether oxygens (including phenoxy) is 3. The normalized spacial score (nSPS) is 13.3. The van der Waals surface area contributed by atoms with Crippen LogP contribution in [0.1, 0.15) is 10.4 Å². The fourth-order valence-electron chi connectivity index (χ4n) is 3.92. The number of benzene rings is 2. The van der Waals surface area contributed by atoms with Crippen molar-refractivity contribution >= 4 is 17.4 Å². The number of methoxy groups -OCH3 is 3. The Bertz CT molecular complexity index is 1180. The van der Waals surface area contributed by atoms with E-state index in [0.29, 0.717) is 60.5 Å². The maximum atomic E-state index is 12.8. The summed E-state index contributed by atoms with van der Waals surface area (Å²) in [6, 6.07) is 13.0. The molecule has 3 aromatic rings. The molecule has 2 aromatic carbocycles. The van der Waals surface area contributed by atoms with Crippen LogP contribution < -0.4 is 19.1 Å². The van der Waals surface area contributed by atoms with Gasteiger partial charge in [-0.15, -0.1) is 10.2 Å². The van der Waals surface area contributed by atoms with E-state index in [2.05, 4.69) is 15.1 Å². The molecule has 0 saturated carbocycles. The number of nitro benzene ring substituents is 1. The second-order valence-corrected chi connectivity index (χ2v) is 7.77. The molecule has 0 atom stereocenters. The molecule has 0 radical (unpaired) electrons. The summed E-state index contributed by atoms with van der Waals surface area (Å²) in [6.45, 7) is 2.20. The molecule has 1 aromatic heterocycles. The molecule has 1 fully saturated rings. The first kappa shape index (κ1) is 23.7. The molecule has 1 aliphatic heterocycles. The first-order chi connectivity index (χ1) is 16.9. The number of nitrogens with zero attached hydrogens (tertiary/aromatic N) is 5. The molecule has 11 nitrogen and oxygen atoms in total. The van der Waals surface area contributed by atoms with Gasteiger partial charge in [0.15, 0.2) is 17.3 Å². The van der Waals surface area contributed by atoms with Crippen molar-refractivity contribution in [2.45, 2.75) is 0 Å². The van der Waals surface area contributed by atoms with Crippen molar-refractivity contribution in [2.75, 3.05) is 52.4 Å². The lowest BCUT2D eigenvalue weighted by atomic mass is 10.1. The highest BCUT2D eigenvalue weighted by atomic mass is 16.6. The topological polar surface area (TPSA) is 120 Å². The maximum absolute atomic E-state index is 12.8. The number of carbonyl (C=O) groups excluding carboxylic acids is 1. The second-order valence-electron chi connectivity index (χ2n) is 7.77. The summed E-state index contributed by atoms with van der Waals surface area (Å²) < 4.78 is 16.2. The summed E-state index contributed by atoms with van der Waals surface area (Å²) in [6.07, 6.45) is 0. The largest absolute Gasteiger partial charge is 0.493 e. The molecule has 1 saturated heterocycles. The number of hydrogen-bond acceptors (Lipinski definition) is 9. The first-order valence-electron chi connectivity index (χ1n) is 10.9. The van der Waals surface area contributed by atoms with Crippen LogP contribution in [-0.4, -0.2) is 73.4 Å². The molecule has 35 heavy (non-hydrogen) atoms. The number of nitro groups is 1. The number of rotatable bonds is 7. The maximum Gasteiger partial charge on any atom is 0.269 e. The Hall–Kier alpha value is -4.41. The van der Waals surface area contributed by atoms with E-state index in [1.165, 1.54) is 24.3 Å². The molecule has 182 valence electrons. The van der Waals surface area contributed by atoms with E-state index in [9.17, 15) is 14.9 Å². The standard InChI is InChI=1S/C24H25N5O6/c1-33-20-14-17(15-21(34-2)23(20)35-3)19-8-9-22(26-25-19)27-10-12-28(13-11-27)24(30)16-4-6-18(7-5-16)29(31)32/h4-9,14-15H,10-13H2,1-3H3. The molecular weight excluding hydrogens is 454 g/mol. The Balaban J connectivity index is 1.42. The van der Waals surface area contributed by atoms with Crippen molar-refractivity contribution in [3.63, 3.8) is 0 Å². The zero-order chi connectivity index (χ0) is 24.9. The smallest absolute Gasteiger partial charge is 0.269 e. The second kappa shape index (κ2) is 10.2. The highest BCUT2D eigenvalue weighted by Crippen LogP contribution is 2.40. The Kier molecular flexibility index (Phi) is 6.95. The van der Waals surface area contributed by atoms with Crippen LogP contribution in [0.4, 0.5) is 11.5 Å². The molecule has 0 unspecified atom stereocenters. The van der Waals surface area contributed by atoms with E-state index >= 15 is 0 Å². The van der Waals surface area contributed by atoms with Gasteiger partial charge in [0, 0.05) is 49.4 Å². The Morgan fingerprint density at radius 2 is 1.51 bits per heavy atom. The minimum Gasteiger partial charge on any atom is -0.493 e. The Morgan fingerprint density at radius 3 is 2.00 bits per heavy atom. The van der Waals surface area contributed by atoms with Gasteiger partial charge in [-0.2, -0.15) is 0 Å². The van der Waals surface area contributed by atoms with Crippen LogP contribution in [0.5, 0.6) is 17.2 Å². The van der Waals surface area contributed by atoms with E-state index in [-0.39, 0.29) is 11.6 Å². The lowest BCUT2D eigenvalue weighted by Crippen LogP contribution is -2.49. The summed E-state index contributed by atoms with van der Waals surface area (Å²) in [4.78, 5) is 26.9. The molecule has 0 bridgehead atoms. The summed E-state index contributed by atoms with van der Waals surface area (Å²) in [5.41, 5.74) is 1.82. The summed E-state index contributed by atoms with van der Waals surface area (Å²) >= 11 is 0. The van der Waals surface area contributed by atoms with Gasteiger partial charge in [-0.1, -0.05) is 0 Å². The molecule has 4 rings (SSSR count). The van der Waals surface area contributed by atoms with E-state index in [1.807, 2.05) is 24.3 Å². The monoisotopic (exact) mass is 479 g/mol. The predicted octanol–water partition coefficient (Wildman–Crippen LogP) is 3.04. The number of hydrogen-bond donors (Lipinski definition) is 0. The van der Waals surface area contributed by atoms with Crippen molar-refractivity contribution < 1.29 is 23.9 Å². The lowest BCUT2D eigenvalue weighted by molar-refractivity contribution is -0.384. The van der Waals surface area contributed by atoms with Gasteiger partial charge in [-0.05, 0) is 36.4 Å². The van der Waals surface area contributed by atoms with Gasteiger partial charge in [0.05, 0.1) is 31.9 Å². The van der Waals surface area contributed by atoms with Crippen molar-refractivity contribution in [1.29, 1.82) is 0 Å². The highest BCUT2D eigenvalue weighted by molar-refractivity contribution is 5.94. The van der Waals surface area contributed by atoms with E-state index < -0.39 is 4.92 Å². The fraction of sp³-hybridized carbons (Fsp3) is 0.292. The molecule has 2 heterocycles. The average molecular weight is 479 g/mol. The number of aromatic nitrogens is 2. The Labute approximate surface area is 202 Å². The zero-order valence-corrected chi connectivity index (χ0v) is 19.6. The van der Waals surface area contributed by atoms with Gasteiger partial charge < -0.3 is 24.0 Å². The predicted molar refractivity (Wildman–Crippen MR) is 128 cm³/mol. The molecule has 11 heteroatoms. The highest BCUT2D eigenvalue weighted by Gasteiger charge is 2.24. The van der Waals surface area contributed by atoms with E-state index in [4.69, 9.17) is 14.2 Å². The van der Waals surface area contributed by atoms with Crippen LogP contribution in [0.2, 0.25) is 0 Å². The average Bonchev–Trinajstić information content (AvgIpc) is 2.92. The van der Waals surface area contributed by atoms with Gasteiger partial charge in [-0.25, -0.2) is 0 Å². The first-order valence-corrected chi connectivity index (χ1v) is 10.9. The molecule has 0 spiro atoms. The van der Waals surface area contributed by atoms with E-state index in [0.717, 1.165) is 5.56 Å². The van der Waals surface area contributed by atoms with Gasteiger partial charge in [0.2, 0.25) is 5.75 Å². The molecular formula is C24H25N5O6. The molecule has 0 N–H and O–H groups in total. The summed E-state index contributed by atoms with van der Waals surface area (Å²) in [5, 5.41) is 19.6. The Morgan fingerprint density at radius 1 is 0.886 bits per heavy atom. The summed E-state index contributed by atoms with van der Waals surface area (Å²) in [7, 11) is 4.66. The van der Waals surface area contributed by atoms with Crippen LogP contribution in [0.3, 0.4) is 0 Å². The zero-order valence-electron chi connectivity index (χ0n) is 19.6. The number of carbonyl (C=O) groups is 1. The quantitative estimate of drug-likeness (QED) is 0.372.